The number of anilines is 1. The van der Waals surface area contributed by atoms with Gasteiger partial charge in [0.05, 0.1) is 18.0 Å². The first kappa shape index (κ1) is 19.9. The van der Waals surface area contributed by atoms with E-state index in [1.54, 1.807) is 13.0 Å². The third kappa shape index (κ3) is 4.83. The average Bonchev–Trinajstić information content (AvgIpc) is 2.53. The molecule has 2 rings (SSSR count). The molecule has 0 aromatic heterocycles. The van der Waals surface area contributed by atoms with Crippen molar-refractivity contribution in [3.63, 3.8) is 0 Å². The van der Waals surface area contributed by atoms with E-state index in [4.69, 9.17) is 4.74 Å². The Balaban J connectivity index is 2.13. The van der Waals surface area contributed by atoms with Crippen LogP contribution in [-0.4, -0.2) is 27.5 Å². The van der Waals surface area contributed by atoms with Gasteiger partial charge in [-0.15, -0.1) is 0 Å². The van der Waals surface area contributed by atoms with Crippen molar-refractivity contribution in [3.8, 4) is 5.75 Å². The molecule has 1 amide bonds. The number of nitrogens with one attached hydrogen (secondary N) is 2. The van der Waals surface area contributed by atoms with Crippen LogP contribution < -0.4 is 14.8 Å². The largest absolute Gasteiger partial charge is 0.496 e. The lowest BCUT2D eigenvalue weighted by molar-refractivity contribution is -0.117. The zero-order chi connectivity index (χ0) is 19.5. The van der Waals surface area contributed by atoms with Crippen LogP contribution in [0.4, 0.5) is 5.69 Å². The van der Waals surface area contributed by atoms with E-state index in [1.165, 1.54) is 26.2 Å². The van der Waals surface area contributed by atoms with Gasteiger partial charge in [-0.05, 0) is 74.7 Å². The molecule has 0 aliphatic rings. The van der Waals surface area contributed by atoms with Gasteiger partial charge >= 0.3 is 0 Å². The highest BCUT2D eigenvalue weighted by Crippen LogP contribution is 2.21. The molecule has 0 spiro atoms. The molecule has 2 N–H and O–H groups in total. The van der Waals surface area contributed by atoms with Crippen LogP contribution in [0.15, 0.2) is 41.3 Å². The van der Waals surface area contributed by atoms with E-state index in [0.29, 0.717) is 17.0 Å². The predicted octanol–water partition coefficient (Wildman–Crippen LogP) is 2.93. The van der Waals surface area contributed by atoms with Gasteiger partial charge < -0.3 is 10.1 Å². The van der Waals surface area contributed by atoms with E-state index in [0.717, 1.165) is 11.1 Å². The minimum absolute atomic E-state index is 0.0850. The van der Waals surface area contributed by atoms with Crippen molar-refractivity contribution in [2.45, 2.75) is 38.6 Å². The number of carbonyl (C=O) groups excluding carboxylic acids is 1. The number of ether oxygens (including phenoxy) is 1. The average molecular weight is 376 g/mol. The maximum absolute atomic E-state index is 12.5. The first-order valence-corrected chi connectivity index (χ1v) is 9.67. The number of rotatable bonds is 6. The summed E-state index contributed by atoms with van der Waals surface area (Å²) in [6.07, 6.45) is 0. The summed E-state index contributed by atoms with van der Waals surface area (Å²) in [5, 5.41) is 2.74. The SMILES string of the molecule is COc1ccc(S(=O)(=O)N[C@@H](C)C(=O)Nc2cc(C)cc(C)c2)cc1C. The van der Waals surface area contributed by atoms with Crippen molar-refractivity contribution in [1.29, 1.82) is 0 Å². The van der Waals surface area contributed by atoms with Crippen LogP contribution in [-0.2, 0) is 14.8 Å². The lowest BCUT2D eigenvalue weighted by Gasteiger charge is -2.16. The van der Waals surface area contributed by atoms with Crippen LogP contribution in [0, 0.1) is 20.8 Å². The summed E-state index contributed by atoms with van der Waals surface area (Å²) in [7, 11) is -2.31. The van der Waals surface area contributed by atoms with Gasteiger partial charge in [0.15, 0.2) is 0 Å². The van der Waals surface area contributed by atoms with Gasteiger partial charge in [-0.1, -0.05) is 6.07 Å². The van der Waals surface area contributed by atoms with Crippen LogP contribution in [0.5, 0.6) is 5.75 Å². The van der Waals surface area contributed by atoms with Crippen molar-refractivity contribution in [2.75, 3.05) is 12.4 Å². The normalized spacial score (nSPS) is 12.5. The van der Waals surface area contributed by atoms with Crippen molar-refractivity contribution >= 4 is 21.6 Å². The first-order valence-electron chi connectivity index (χ1n) is 8.18. The second-order valence-electron chi connectivity index (χ2n) is 6.34. The molecule has 0 radical (unpaired) electrons. The summed E-state index contributed by atoms with van der Waals surface area (Å²) in [5.74, 6) is 0.174. The summed E-state index contributed by atoms with van der Waals surface area (Å²) >= 11 is 0. The number of methoxy groups -OCH3 is 1. The molecule has 1 atom stereocenters. The Morgan fingerprint density at radius 2 is 1.65 bits per heavy atom. The van der Waals surface area contributed by atoms with Crippen LogP contribution in [0.3, 0.4) is 0 Å². The molecule has 2 aromatic carbocycles. The molecule has 0 heterocycles. The number of aryl methyl sites for hydroxylation is 3. The molecular weight excluding hydrogens is 352 g/mol. The standard InChI is InChI=1S/C19H24N2O4S/c1-12-8-13(2)10-16(9-12)20-19(22)15(4)21-26(23,24)17-6-7-18(25-5)14(3)11-17/h6-11,15,21H,1-5H3,(H,20,22)/t15-/m0/s1. The number of hydrogen-bond acceptors (Lipinski definition) is 4. The smallest absolute Gasteiger partial charge is 0.242 e. The number of carbonyl (C=O) groups is 1. The van der Waals surface area contributed by atoms with Gasteiger partial charge in [-0.3, -0.25) is 4.79 Å². The minimum Gasteiger partial charge on any atom is -0.496 e. The van der Waals surface area contributed by atoms with E-state index in [9.17, 15) is 13.2 Å². The molecule has 0 bridgehead atoms. The number of hydrogen-bond donors (Lipinski definition) is 2. The van der Waals surface area contributed by atoms with Gasteiger partial charge in [-0.25, -0.2) is 8.42 Å². The number of amides is 1. The van der Waals surface area contributed by atoms with Crippen LogP contribution >= 0.6 is 0 Å². The Hall–Kier alpha value is -2.38. The fraction of sp³-hybridized carbons (Fsp3) is 0.316. The predicted molar refractivity (Wildman–Crippen MR) is 102 cm³/mol. The molecule has 0 aliphatic heterocycles. The molecule has 0 aliphatic carbocycles. The fourth-order valence-corrected chi connectivity index (χ4v) is 3.96. The molecule has 6 nitrogen and oxygen atoms in total. The van der Waals surface area contributed by atoms with Crippen LogP contribution in [0.25, 0.3) is 0 Å². The summed E-state index contributed by atoms with van der Waals surface area (Å²) in [6.45, 7) is 7.13. The molecule has 7 heteroatoms. The van der Waals surface area contributed by atoms with Crippen LogP contribution in [0.1, 0.15) is 23.6 Å². The molecule has 0 unspecified atom stereocenters. The van der Waals surface area contributed by atoms with Crippen molar-refractivity contribution < 1.29 is 17.9 Å². The summed E-state index contributed by atoms with van der Waals surface area (Å²) in [6, 6.07) is 9.28. The van der Waals surface area contributed by atoms with Gasteiger partial charge in [0.25, 0.3) is 0 Å². The molecule has 2 aromatic rings. The Morgan fingerprint density at radius 3 is 2.19 bits per heavy atom. The van der Waals surface area contributed by atoms with Gasteiger partial charge in [0.1, 0.15) is 5.75 Å². The zero-order valence-electron chi connectivity index (χ0n) is 15.6. The Labute approximate surface area is 154 Å². The molecule has 26 heavy (non-hydrogen) atoms. The molecular formula is C19H24N2O4S. The third-order valence-electron chi connectivity index (χ3n) is 3.89. The Kier molecular flexibility index (Phi) is 6.05. The summed E-state index contributed by atoms with van der Waals surface area (Å²) < 4.78 is 32.6. The summed E-state index contributed by atoms with van der Waals surface area (Å²) in [5.41, 5.74) is 3.37. The molecule has 140 valence electrons. The van der Waals surface area contributed by atoms with E-state index in [1.807, 2.05) is 32.0 Å². The van der Waals surface area contributed by atoms with Gasteiger partial charge in [0.2, 0.25) is 15.9 Å². The highest BCUT2D eigenvalue weighted by Gasteiger charge is 2.22. The second kappa shape index (κ2) is 7.88. The van der Waals surface area contributed by atoms with E-state index < -0.39 is 22.0 Å². The monoisotopic (exact) mass is 376 g/mol. The first-order chi connectivity index (χ1) is 12.1. The van der Waals surface area contributed by atoms with Crippen molar-refractivity contribution in [3.05, 3.63) is 53.1 Å². The van der Waals surface area contributed by atoms with E-state index in [-0.39, 0.29) is 4.90 Å². The van der Waals surface area contributed by atoms with Crippen molar-refractivity contribution in [2.24, 2.45) is 0 Å². The molecule has 0 saturated carbocycles. The lowest BCUT2D eigenvalue weighted by atomic mass is 10.1. The number of sulfonamides is 1. The fourth-order valence-electron chi connectivity index (χ4n) is 2.67. The maximum Gasteiger partial charge on any atom is 0.242 e. The lowest BCUT2D eigenvalue weighted by Crippen LogP contribution is -2.41. The highest BCUT2D eigenvalue weighted by molar-refractivity contribution is 7.89. The van der Waals surface area contributed by atoms with Gasteiger partial charge in [-0.2, -0.15) is 4.72 Å². The summed E-state index contributed by atoms with van der Waals surface area (Å²) in [4.78, 5) is 12.4. The van der Waals surface area contributed by atoms with E-state index >= 15 is 0 Å². The molecule has 0 fully saturated rings. The minimum atomic E-state index is -3.83. The highest BCUT2D eigenvalue weighted by atomic mass is 32.2. The topological polar surface area (TPSA) is 84.5 Å². The third-order valence-corrected chi connectivity index (χ3v) is 5.43. The van der Waals surface area contributed by atoms with Crippen molar-refractivity contribution in [1.82, 2.24) is 4.72 Å². The van der Waals surface area contributed by atoms with Crippen LogP contribution in [0.2, 0.25) is 0 Å². The van der Waals surface area contributed by atoms with E-state index in [2.05, 4.69) is 10.0 Å². The van der Waals surface area contributed by atoms with Gasteiger partial charge in [0, 0.05) is 5.69 Å². The maximum atomic E-state index is 12.5. The quantitative estimate of drug-likeness (QED) is 0.812. The Morgan fingerprint density at radius 1 is 1.04 bits per heavy atom. The molecule has 0 saturated heterocycles. The number of benzene rings is 2. The zero-order valence-corrected chi connectivity index (χ0v) is 16.4. The second-order valence-corrected chi connectivity index (χ2v) is 8.05. The Bertz CT molecular complexity index is 903.